The molecule has 0 fully saturated rings. The lowest BCUT2D eigenvalue weighted by molar-refractivity contribution is -0.161. The first-order valence-corrected chi connectivity index (χ1v) is 22.6. The van der Waals surface area contributed by atoms with Crippen LogP contribution in [0.5, 0.6) is 0 Å². The Balaban J connectivity index is 4.22. The zero-order chi connectivity index (χ0) is 38.9. The summed E-state index contributed by atoms with van der Waals surface area (Å²) in [6, 6.07) is 0. The molecular formula is C43H78NO8P. The Morgan fingerprint density at radius 2 is 0.981 bits per heavy atom. The molecule has 0 rings (SSSR count). The summed E-state index contributed by atoms with van der Waals surface area (Å²) in [6.45, 7) is 3.65. The van der Waals surface area contributed by atoms with Gasteiger partial charge in [-0.15, -0.1) is 0 Å². The second-order valence-corrected chi connectivity index (χ2v) is 15.3. The Labute approximate surface area is 324 Å². The van der Waals surface area contributed by atoms with Crippen LogP contribution in [-0.4, -0.2) is 49.3 Å². The van der Waals surface area contributed by atoms with Gasteiger partial charge in [0, 0.05) is 19.4 Å². The zero-order valence-corrected chi connectivity index (χ0v) is 34.6. The minimum Gasteiger partial charge on any atom is -0.462 e. The predicted molar refractivity (Wildman–Crippen MR) is 220 cm³/mol. The number of unbranched alkanes of at least 4 members (excludes halogenated alkanes) is 18. The Kier molecular flexibility index (Phi) is 38.1. The molecule has 10 heteroatoms. The van der Waals surface area contributed by atoms with Crippen LogP contribution in [0.4, 0.5) is 0 Å². The summed E-state index contributed by atoms with van der Waals surface area (Å²) >= 11 is 0. The fraction of sp³-hybridized carbons (Fsp3) is 0.767. The number of phosphoric acid groups is 1. The number of hydrogen-bond donors (Lipinski definition) is 2. The van der Waals surface area contributed by atoms with Gasteiger partial charge in [0.25, 0.3) is 0 Å². The molecule has 0 aliphatic heterocycles. The smallest absolute Gasteiger partial charge is 0.462 e. The molecule has 0 spiro atoms. The molecule has 0 aromatic heterocycles. The Morgan fingerprint density at radius 3 is 1.51 bits per heavy atom. The normalized spacial score (nSPS) is 13.8. The number of rotatable bonds is 39. The second kappa shape index (κ2) is 39.7. The van der Waals surface area contributed by atoms with Crippen LogP contribution in [0.2, 0.25) is 0 Å². The van der Waals surface area contributed by atoms with Crippen LogP contribution >= 0.6 is 7.82 Å². The number of ether oxygens (including phenoxy) is 2. The highest BCUT2D eigenvalue weighted by atomic mass is 31.2. The van der Waals surface area contributed by atoms with Crippen LogP contribution in [0.15, 0.2) is 48.6 Å². The predicted octanol–water partition coefficient (Wildman–Crippen LogP) is 11.9. The van der Waals surface area contributed by atoms with E-state index >= 15 is 0 Å². The highest BCUT2D eigenvalue weighted by Crippen LogP contribution is 2.43. The van der Waals surface area contributed by atoms with Gasteiger partial charge in [-0.25, -0.2) is 4.57 Å². The van der Waals surface area contributed by atoms with Crippen molar-refractivity contribution in [1.29, 1.82) is 0 Å². The van der Waals surface area contributed by atoms with Gasteiger partial charge in [0.1, 0.15) is 6.61 Å². The van der Waals surface area contributed by atoms with Gasteiger partial charge in [-0.3, -0.25) is 18.6 Å². The number of carbonyl (C=O) groups excluding carboxylic acids is 2. The summed E-state index contributed by atoms with van der Waals surface area (Å²) in [5.41, 5.74) is 5.34. The molecule has 0 aliphatic carbocycles. The number of carbonyl (C=O) groups is 2. The van der Waals surface area contributed by atoms with Gasteiger partial charge < -0.3 is 20.1 Å². The van der Waals surface area contributed by atoms with Gasteiger partial charge in [-0.1, -0.05) is 140 Å². The van der Waals surface area contributed by atoms with Gasteiger partial charge in [0.05, 0.1) is 13.2 Å². The minimum absolute atomic E-state index is 0.0480. The third-order valence-electron chi connectivity index (χ3n) is 8.69. The van der Waals surface area contributed by atoms with Crippen LogP contribution in [-0.2, 0) is 32.7 Å². The monoisotopic (exact) mass is 768 g/mol. The zero-order valence-electron chi connectivity index (χ0n) is 33.7. The number of allylic oxidation sites excluding steroid dienone is 8. The van der Waals surface area contributed by atoms with E-state index in [9.17, 15) is 19.0 Å². The molecule has 0 radical (unpaired) electrons. The van der Waals surface area contributed by atoms with E-state index < -0.39 is 32.5 Å². The van der Waals surface area contributed by atoms with Gasteiger partial charge >= 0.3 is 19.8 Å². The van der Waals surface area contributed by atoms with E-state index in [-0.39, 0.29) is 32.6 Å². The maximum Gasteiger partial charge on any atom is 0.472 e. The van der Waals surface area contributed by atoms with Crippen LogP contribution in [0.25, 0.3) is 0 Å². The van der Waals surface area contributed by atoms with Crippen LogP contribution in [0, 0.1) is 0 Å². The van der Waals surface area contributed by atoms with Crippen LogP contribution in [0.3, 0.4) is 0 Å². The van der Waals surface area contributed by atoms with Gasteiger partial charge in [0.15, 0.2) is 6.10 Å². The molecule has 0 amide bonds. The summed E-state index contributed by atoms with van der Waals surface area (Å²) in [4.78, 5) is 34.8. The first kappa shape index (κ1) is 51.0. The molecule has 0 saturated heterocycles. The molecule has 9 nitrogen and oxygen atoms in total. The van der Waals surface area contributed by atoms with E-state index in [2.05, 4.69) is 62.5 Å². The third kappa shape index (κ3) is 39.5. The minimum atomic E-state index is -4.38. The molecule has 2 atom stereocenters. The molecule has 0 aromatic carbocycles. The molecule has 3 N–H and O–H groups in total. The van der Waals surface area contributed by atoms with Crippen molar-refractivity contribution in [2.45, 2.75) is 187 Å². The topological polar surface area (TPSA) is 134 Å². The maximum absolute atomic E-state index is 12.6. The molecule has 0 saturated carbocycles. The quantitative estimate of drug-likeness (QED) is 0.0271. The first-order chi connectivity index (χ1) is 25.8. The molecule has 0 heterocycles. The summed E-state index contributed by atoms with van der Waals surface area (Å²) in [5.74, 6) is -0.860. The molecular weight excluding hydrogens is 689 g/mol. The molecule has 0 aliphatic rings. The lowest BCUT2D eigenvalue weighted by Crippen LogP contribution is -2.29. The van der Waals surface area contributed by atoms with Crippen molar-refractivity contribution in [1.82, 2.24) is 0 Å². The number of nitrogens with two attached hydrogens (primary N) is 1. The van der Waals surface area contributed by atoms with Crippen molar-refractivity contribution < 1.29 is 37.6 Å². The van der Waals surface area contributed by atoms with E-state index in [0.717, 1.165) is 64.2 Å². The van der Waals surface area contributed by atoms with Crippen molar-refractivity contribution in [3.8, 4) is 0 Å². The van der Waals surface area contributed by atoms with Crippen LogP contribution < -0.4 is 5.73 Å². The standard InChI is InChI=1S/C43H78NO8P/c1-3-5-7-9-11-13-15-17-19-20-22-23-25-27-29-31-33-35-42(45)49-39-41(40-51-53(47,48)50-38-37-44)52-43(46)36-34-32-30-28-26-24-21-18-16-14-12-10-8-6-4-2/h11,13-14,16-17,19,22-23,41H,3-10,12,15,18,20-21,24-40,44H2,1-2H3,(H,47,48)/b13-11-,16-14-,19-17-,23-22-/t41-/m1/s1. The van der Waals surface area contributed by atoms with E-state index in [1.54, 1.807) is 0 Å². The molecule has 308 valence electrons. The van der Waals surface area contributed by atoms with Gasteiger partial charge in [-0.05, 0) is 77.0 Å². The highest BCUT2D eigenvalue weighted by molar-refractivity contribution is 7.47. The Hall–Kier alpha value is -2.03. The number of hydrogen-bond acceptors (Lipinski definition) is 8. The van der Waals surface area contributed by atoms with E-state index in [1.165, 1.54) is 77.0 Å². The fourth-order valence-electron chi connectivity index (χ4n) is 5.52. The van der Waals surface area contributed by atoms with E-state index in [4.69, 9.17) is 24.3 Å². The first-order valence-electron chi connectivity index (χ1n) is 21.1. The largest absolute Gasteiger partial charge is 0.472 e. The van der Waals surface area contributed by atoms with Gasteiger partial charge in [0.2, 0.25) is 0 Å². The number of esters is 2. The van der Waals surface area contributed by atoms with Crippen molar-refractivity contribution in [3.05, 3.63) is 48.6 Å². The van der Waals surface area contributed by atoms with Crippen molar-refractivity contribution in [2.24, 2.45) is 5.73 Å². The van der Waals surface area contributed by atoms with Gasteiger partial charge in [-0.2, -0.15) is 0 Å². The van der Waals surface area contributed by atoms with E-state index in [1.807, 2.05) is 0 Å². The lowest BCUT2D eigenvalue weighted by Gasteiger charge is -2.19. The fourth-order valence-corrected chi connectivity index (χ4v) is 6.28. The summed E-state index contributed by atoms with van der Waals surface area (Å²) in [7, 11) is -4.38. The molecule has 0 aromatic rings. The summed E-state index contributed by atoms with van der Waals surface area (Å²) in [5, 5.41) is 0. The Bertz CT molecular complexity index is 1010. The Morgan fingerprint density at radius 1 is 0.566 bits per heavy atom. The molecule has 1 unspecified atom stereocenters. The summed E-state index contributed by atoms with van der Waals surface area (Å²) in [6.07, 6.45) is 44.2. The highest BCUT2D eigenvalue weighted by Gasteiger charge is 2.26. The second-order valence-electron chi connectivity index (χ2n) is 13.8. The average Bonchev–Trinajstić information content (AvgIpc) is 3.14. The van der Waals surface area contributed by atoms with Crippen molar-refractivity contribution in [2.75, 3.05) is 26.4 Å². The maximum atomic E-state index is 12.6. The van der Waals surface area contributed by atoms with Crippen LogP contribution in [0.1, 0.15) is 181 Å². The SMILES string of the molecule is CCCCC/C=C\C/C=C\C/C=C\CCCCCCC(=O)OC[C@H](COP(=O)(O)OCCN)OC(=O)CCCCCCCCC/C=C\CCCCCC. The van der Waals surface area contributed by atoms with Crippen molar-refractivity contribution in [3.63, 3.8) is 0 Å². The molecule has 53 heavy (non-hydrogen) atoms. The average molecular weight is 768 g/mol. The number of phosphoric ester groups is 1. The van der Waals surface area contributed by atoms with E-state index in [0.29, 0.717) is 12.8 Å². The summed E-state index contributed by atoms with van der Waals surface area (Å²) < 4.78 is 32.7. The molecule has 0 bridgehead atoms. The third-order valence-corrected chi connectivity index (χ3v) is 9.67. The lowest BCUT2D eigenvalue weighted by atomic mass is 10.1. The van der Waals surface area contributed by atoms with Crippen molar-refractivity contribution >= 4 is 19.8 Å².